The van der Waals surface area contributed by atoms with Gasteiger partial charge in [-0.1, -0.05) is 24.0 Å². The van der Waals surface area contributed by atoms with Gasteiger partial charge in [-0.05, 0) is 47.8 Å². The topological polar surface area (TPSA) is 68.3 Å². The molecule has 5 nitrogen and oxygen atoms in total. The van der Waals surface area contributed by atoms with Gasteiger partial charge in [0, 0.05) is 33.1 Å². The average molecular weight is 459 g/mol. The molecule has 0 saturated heterocycles. The van der Waals surface area contributed by atoms with Crippen LogP contribution >= 0.6 is 22.7 Å². The first-order valence-electron chi connectivity index (χ1n) is 9.68. The number of aromatic nitrogens is 1. The molecular formula is C25H18N2O3S2. The van der Waals surface area contributed by atoms with E-state index in [2.05, 4.69) is 22.1 Å². The standard InChI is InChI=1S/C25H18N2O3S2/c1-30-25(29)19-6-2-4-17(12-19)8-9-18-5-3-7-21(13-18)26-23(28)14-22-16-32-24(27-22)20-10-11-31-15-20/h2-7,10-13,15-16H,14H2,1H3,(H,26,28). The first-order valence-corrected chi connectivity index (χ1v) is 11.5. The number of amides is 1. The second-order valence-corrected chi connectivity index (χ2v) is 8.42. The van der Waals surface area contributed by atoms with Gasteiger partial charge in [-0.3, -0.25) is 4.79 Å². The summed E-state index contributed by atoms with van der Waals surface area (Å²) in [6.45, 7) is 0. The summed E-state index contributed by atoms with van der Waals surface area (Å²) < 4.78 is 4.74. The van der Waals surface area contributed by atoms with E-state index in [4.69, 9.17) is 4.74 Å². The summed E-state index contributed by atoms with van der Waals surface area (Å²) in [5.41, 5.74) is 4.39. The van der Waals surface area contributed by atoms with Gasteiger partial charge >= 0.3 is 5.97 Å². The molecule has 158 valence electrons. The highest BCUT2D eigenvalue weighted by Gasteiger charge is 2.10. The van der Waals surface area contributed by atoms with Crippen LogP contribution in [-0.4, -0.2) is 24.0 Å². The second-order valence-electron chi connectivity index (χ2n) is 6.78. The molecule has 0 radical (unpaired) electrons. The number of esters is 1. The van der Waals surface area contributed by atoms with Crippen LogP contribution in [0.15, 0.2) is 70.7 Å². The third-order valence-electron chi connectivity index (χ3n) is 4.44. The van der Waals surface area contributed by atoms with Crippen molar-refractivity contribution >= 4 is 40.2 Å². The molecule has 0 bridgehead atoms. The van der Waals surface area contributed by atoms with E-state index in [-0.39, 0.29) is 12.3 Å². The molecule has 0 atom stereocenters. The number of carbonyl (C=O) groups excluding carboxylic acids is 2. The summed E-state index contributed by atoms with van der Waals surface area (Å²) in [6.07, 6.45) is 0.205. The van der Waals surface area contributed by atoms with Crippen molar-refractivity contribution in [2.75, 3.05) is 12.4 Å². The predicted molar refractivity (Wildman–Crippen MR) is 128 cm³/mol. The summed E-state index contributed by atoms with van der Waals surface area (Å²) in [5.74, 6) is 5.56. The van der Waals surface area contributed by atoms with Crippen LogP contribution in [-0.2, 0) is 16.0 Å². The van der Waals surface area contributed by atoms with Crippen molar-refractivity contribution in [3.05, 3.63) is 93.1 Å². The molecule has 1 amide bonds. The minimum atomic E-state index is -0.402. The molecule has 4 rings (SSSR count). The molecule has 0 aliphatic carbocycles. The number of nitrogens with one attached hydrogen (secondary N) is 1. The summed E-state index contributed by atoms with van der Waals surface area (Å²) in [5, 5.41) is 9.79. The first-order chi connectivity index (χ1) is 15.6. The van der Waals surface area contributed by atoms with E-state index >= 15 is 0 Å². The van der Waals surface area contributed by atoms with Crippen molar-refractivity contribution < 1.29 is 14.3 Å². The van der Waals surface area contributed by atoms with Gasteiger partial charge in [0.25, 0.3) is 0 Å². The summed E-state index contributed by atoms with van der Waals surface area (Å²) in [4.78, 5) is 28.7. The van der Waals surface area contributed by atoms with Gasteiger partial charge in [-0.25, -0.2) is 9.78 Å². The van der Waals surface area contributed by atoms with E-state index in [0.717, 1.165) is 21.8 Å². The highest BCUT2D eigenvalue weighted by atomic mass is 32.1. The van der Waals surface area contributed by atoms with Gasteiger partial charge in [-0.15, -0.1) is 11.3 Å². The number of thiophene rings is 1. The van der Waals surface area contributed by atoms with Crippen molar-refractivity contribution in [1.29, 1.82) is 0 Å². The third-order valence-corrected chi connectivity index (χ3v) is 6.07. The minimum Gasteiger partial charge on any atom is -0.465 e. The number of methoxy groups -OCH3 is 1. The molecule has 2 aromatic heterocycles. The number of hydrogen-bond acceptors (Lipinski definition) is 6. The Hall–Kier alpha value is -3.73. The quantitative estimate of drug-likeness (QED) is 0.328. The highest BCUT2D eigenvalue weighted by Crippen LogP contribution is 2.26. The molecule has 4 aromatic rings. The Morgan fingerprint density at radius 3 is 2.56 bits per heavy atom. The molecule has 2 heterocycles. The molecule has 2 aromatic carbocycles. The lowest BCUT2D eigenvalue weighted by atomic mass is 10.1. The largest absolute Gasteiger partial charge is 0.465 e. The van der Waals surface area contributed by atoms with Crippen LogP contribution in [0.4, 0.5) is 5.69 Å². The smallest absolute Gasteiger partial charge is 0.337 e. The van der Waals surface area contributed by atoms with Crippen molar-refractivity contribution in [3.63, 3.8) is 0 Å². The molecule has 0 aliphatic heterocycles. The van der Waals surface area contributed by atoms with Crippen LogP contribution in [0, 0.1) is 11.8 Å². The Bertz CT molecular complexity index is 1310. The Morgan fingerprint density at radius 2 is 1.81 bits per heavy atom. The van der Waals surface area contributed by atoms with Crippen LogP contribution in [0.25, 0.3) is 10.6 Å². The molecule has 7 heteroatoms. The number of benzene rings is 2. The number of carbonyl (C=O) groups is 2. The fourth-order valence-corrected chi connectivity index (χ4v) is 4.47. The van der Waals surface area contributed by atoms with Crippen LogP contribution in [0.2, 0.25) is 0 Å². The fraction of sp³-hybridized carbons (Fsp3) is 0.0800. The lowest BCUT2D eigenvalue weighted by molar-refractivity contribution is -0.115. The van der Waals surface area contributed by atoms with Crippen LogP contribution in [0.3, 0.4) is 0 Å². The highest BCUT2D eigenvalue weighted by molar-refractivity contribution is 7.14. The molecule has 0 unspecified atom stereocenters. The maximum atomic E-state index is 12.5. The number of rotatable bonds is 5. The summed E-state index contributed by atoms with van der Waals surface area (Å²) in [6, 6.07) is 16.3. The second kappa shape index (κ2) is 10.1. The lowest BCUT2D eigenvalue weighted by Gasteiger charge is -2.04. The van der Waals surface area contributed by atoms with Gasteiger partial charge in [0.15, 0.2) is 0 Å². The minimum absolute atomic E-state index is 0.136. The molecule has 1 N–H and O–H groups in total. The zero-order valence-corrected chi connectivity index (χ0v) is 18.8. The average Bonchev–Trinajstić information content (AvgIpc) is 3.50. The van der Waals surface area contributed by atoms with E-state index in [1.165, 1.54) is 18.4 Å². The summed E-state index contributed by atoms with van der Waals surface area (Å²) >= 11 is 3.16. The van der Waals surface area contributed by atoms with Gasteiger partial charge in [0.05, 0.1) is 24.8 Å². The number of hydrogen-bond donors (Lipinski definition) is 1. The Balaban J connectivity index is 1.41. The third kappa shape index (κ3) is 5.49. The number of anilines is 1. The summed E-state index contributed by atoms with van der Waals surface area (Å²) in [7, 11) is 1.34. The monoisotopic (exact) mass is 458 g/mol. The van der Waals surface area contributed by atoms with Crippen molar-refractivity contribution in [2.24, 2.45) is 0 Å². The lowest BCUT2D eigenvalue weighted by Crippen LogP contribution is -2.14. The van der Waals surface area contributed by atoms with Crippen LogP contribution in [0.5, 0.6) is 0 Å². The molecule has 0 saturated carbocycles. The SMILES string of the molecule is COC(=O)c1cccc(C#Cc2cccc(NC(=O)Cc3csc(-c4ccsc4)n3)c2)c1. The molecule has 0 spiro atoms. The van der Waals surface area contributed by atoms with Crippen LogP contribution < -0.4 is 5.32 Å². The van der Waals surface area contributed by atoms with E-state index in [9.17, 15) is 9.59 Å². The number of nitrogens with zero attached hydrogens (tertiary/aromatic N) is 1. The van der Waals surface area contributed by atoms with Gasteiger partial charge in [0.1, 0.15) is 5.01 Å². The van der Waals surface area contributed by atoms with E-state index in [1.807, 2.05) is 52.5 Å². The van der Waals surface area contributed by atoms with Crippen LogP contribution in [0.1, 0.15) is 27.2 Å². The first kappa shape index (κ1) is 21.5. The van der Waals surface area contributed by atoms with Gasteiger partial charge in [0.2, 0.25) is 5.91 Å². The number of ether oxygens (including phenoxy) is 1. The van der Waals surface area contributed by atoms with E-state index in [1.54, 1.807) is 29.5 Å². The van der Waals surface area contributed by atoms with E-state index in [0.29, 0.717) is 16.8 Å². The molecule has 32 heavy (non-hydrogen) atoms. The normalized spacial score (nSPS) is 10.2. The molecular weight excluding hydrogens is 440 g/mol. The Morgan fingerprint density at radius 1 is 1.03 bits per heavy atom. The van der Waals surface area contributed by atoms with Gasteiger partial charge in [-0.2, -0.15) is 11.3 Å². The maximum Gasteiger partial charge on any atom is 0.337 e. The maximum absolute atomic E-state index is 12.5. The molecule has 0 aliphatic rings. The van der Waals surface area contributed by atoms with Crippen molar-refractivity contribution in [2.45, 2.75) is 6.42 Å². The fourth-order valence-electron chi connectivity index (χ4n) is 2.94. The zero-order chi connectivity index (χ0) is 22.3. The van der Waals surface area contributed by atoms with Gasteiger partial charge < -0.3 is 10.1 Å². The number of thiazole rings is 1. The Labute approximate surface area is 193 Å². The van der Waals surface area contributed by atoms with Crippen molar-refractivity contribution in [1.82, 2.24) is 4.98 Å². The van der Waals surface area contributed by atoms with Crippen molar-refractivity contribution in [3.8, 4) is 22.4 Å². The zero-order valence-electron chi connectivity index (χ0n) is 17.1. The molecule has 0 fully saturated rings. The van der Waals surface area contributed by atoms with E-state index < -0.39 is 5.97 Å². The predicted octanol–water partition coefficient (Wildman–Crippen LogP) is 5.24. The Kier molecular flexibility index (Phi) is 6.75.